The third kappa shape index (κ3) is 2.68. The van der Waals surface area contributed by atoms with Crippen molar-refractivity contribution in [3.05, 3.63) is 29.6 Å². The van der Waals surface area contributed by atoms with Gasteiger partial charge in [-0.1, -0.05) is 0 Å². The van der Waals surface area contributed by atoms with Crippen LogP contribution in [0.2, 0.25) is 0 Å². The van der Waals surface area contributed by atoms with Gasteiger partial charge in [-0.3, -0.25) is 0 Å². The van der Waals surface area contributed by atoms with E-state index in [1.165, 1.54) is 19.1 Å². The van der Waals surface area contributed by atoms with Gasteiger partial charge in [-0.15, -0.1) is 0 Å². The van der Waals surface area contributed by atoms with Crippen molar-refractivity contribution in [3.63, 3.8) is 0 Å². The molecule has 15 heavy (non-hydrogen) atoms. The van der Waals surface area contributed by atoms with Crippen LogP contribution in [0, 0.1) is 17.1 Å². The molecule has 0 aliphatic heterocycles. The number of halogens is 1. The lowest BCUT2D eigenvalue weighted by Crippen LogP contribution is -2.22. The van der Waals surface area contributed by atoms with Gasteiger partial charge >= 0.3 is 5.97 Å². The SMILES string of the molecule is C[C@@H](Oc1ccc(C#N)c(F)c1)C(=O)O. The molecule has 1 atom stereocenters. The Morgan fingerprint density at radius 1 is 1.67 bits per heavy atom. The van der Waals surface area contributed by atoms with Gasteiger partial charge < -0.3 is 9.84 Å². The van der Waals surface area contributed by atoms with Crippen molar-refractivity contribution in [2.45, 2.75) is 13.0 Å². The molecule has 1 aromatic rings. The highest BCUT2D eigenvalue weighted by Crippen LogP contribution is 2.17. The van der Waals surface area contributed by atoms with E-state index in [9.17, 15) is 9.18 Å². The van der Waals surface area contributed by atoms with E-state index in [2.05, 4.69) is 0 Å². The Bertz CT molecular complexity index is 425. The number of aliphatic carboxylic acids is 1. The standard InChI is InChI=1S/C10H8FNO3/c1-6(10(13)14)15-8-3-2-7(5-12)9(11)4-8/h2-4,6H,1H3,(H,13,14)/t6-/m1/s1. The van der Waals surface area contributed by atoms with Crippen LogP contribution in [0.1, 0.15) is 12.5 Å². The van der Waals surface area contributed by atoms with Gasteiger partial charge in [-0.2, -0.15) is 5.26 Å². The lowest BCUT2D eigenvalue weighted by atomic mass is 10.2. The van der Waals surface area contributed by atoms with E-state index in [1.54, 1.807) is 6.07 Å². The Balaban J connectivity index is 2.85. The normalized spacial score (nSPS) is 11.5. The molecule has 0 unspecified atom stereocenters. The molecule has 78 valence electrons. The first-order chi connectivity index (χ1) is 7.04. The summed E-state index contributed by atoms with van der Waals surface area (Å²) in [6.45, 7) is 1.33. The molecule has 0 radical (unpaired) electrons. The van der Waals surface area contributed by atoms with Crippen LogP contribution in [0.15, 0.2) is 18.2 Å². The van der Waals surface area contributed by atoms with Crippen molar-refractivity contribution in [1.29, 1.82) is 5.26 Å². The molecule has 0 amide bonds. The highest BCUT2D eigenvalue weighted by atomic mass is 19.1. The predicted molar refractivity (Wildman–Crippen MR) is 48.8 cm³/mol. The van der Waals surface area contributed by atoms with Gasteiger partial charge in [0.05, 0.1) is 5.56 Å². The number of benzene rings is 1. The van der Waals surface area contributed by atoms with Crippen LogP contribution >= 0.6 is 0 Å². The second kappa shape index (κ2) is 4.42. The molecule has 0 spiro atoms. The number of carboxylic acids is 1. The zero-order valence-electron chi connectivity index (χ0n) is 7.90. The van der Waals surface area contributed by atoms with E-state index in [-0.39, 0.29) is 11.3 Å². The quantitative estimate of drug-likeness (QED) is 0.819. The van der Waals surface area contributed by atoms with Crippen molar-refractivity contribution in [3.8, 4) is 11.8 Å². The molecular formula is C10H8FNO3. The molecule has 4 nitrogen and oxygen atoms in total. The van der Waals surface area contributed by atoms with E-state index < -0.39 is 17.9 Å². The van der Waals surface area contributed by atoms with Crippen molar-refractivity contribution in [1.82, 2.24) is 0 Å². The molecular weight excluding hydrogens is 201 g/mol. The van der Waals surface area contributed by atoms with Crippen LogP contribution in [0.25, 0.3) is 0 Å². The molecule has 0 aliphatic carbocycles. The van der Waals surface area contributed by atoms with E-state index in [0.717, 1.165) is 6.07 Å². The average molecular weight is 209 g/mol. The Hall–Kier alpha value is -2.09. The third-order valence-corrected chi connectivity index (χ3v) is 1.72. The van der Waals surface area contributed by atoms with Crippen LogP contribution in [0.5, 0.6) is 5.75 Å². The molecule has 0 aromatic heterocycles. The molecule has 0 fully saturated rings. The number of ether oxygens (including phenoxy) is 1. The maximum atomic E-state index is 13.1. The molecule has 1 rings (SSSR count). The zero-order chi connectivity index (χ0) is 11.4. The third-order valence-electron chi connectivity index (χ3n) is 1.72. The van der Waals surface area contributed by atoms with E-state index >= 15 is 0 Å². The zero-order valence-corrected chi connectivity index (χ0v) is 7.90. The summed E-state index contributed by atoms with van der Waals surface area (Å²) in [5.74, 6) is -1.78. The highest BCUT2D eigenvalue weighted by molar-refractivity contribution is 5.72. The molecule has 1 aromatic carbocycles. The lowest BCUT2D eigenvalue weighted by Gasteiger charge is -2.10. The summed E-state index contributed by atoms with van der Waals surface area (Å²) >= 11 is 0. The van der Waals surface area contributed by atoms with Crippen LogP contribution in [-0.4, -0.2) is 17.2 Å². The lowest BCUT2D eigenvalue weighted by molar-refractivity contribution is -0.144. The first-order valence-corrected chi connectivity index (χ1v) is 4.13. The predicted octanol–water partition coefficient (Wildman–Crippen LogP) is 1.55. The Morgan fingerprint density at radius 2 is 2.33 bits per heavy atom. The van der Waals surface area contributed by atoms with Gasteiger partial charge in [-0.05, 0) is 19.1 Å². The Morgan fingerprint density at radius 3 is 2.80 bits per heavy atom. The smallest absolute Gasteiger partial charge is 0.344 e. The molecule has 5 heteroatoms. The summed E-state index contributed by atoms with van der Waals surface area (Å²) in [6, 6.07) is 5.22. The van der Waals surface area contributed by atoms with Gasteiger partial charge in [0.2, 0.25) is 0 Å². The minimum Gasteiger partial charge on any atom is -0.479 e. The fourth-order valence-electron chi connectivity index (χ4n) is 0.914. The highest BCUT2D eigenvalue weighted by Gasteiger charge is 2.13. The summed E-state index contributed by atoms with van der Waals surface area (Å²) < 4.78 is 18.0. The average Bonchev–Trinajstić information content (AvgIpc) is 2.18. The number of nitriles is 1. The number of hydrogen-bond acceptors (Lipinski definition) is 3. The summed E-state index contributed by atoms with van der Waals surface area (Å²) in [6.07, 6.45) is -1.06. The number of carbonyl (C=O) groups is 1. The molecule has 0 heterocycles. The number of rotatable bonds is 3. The minimum absolute atomic E-state index is 0.0846. The Kier molecular flexibility index (Phi) is 3.24. The van der Waals surface area contributed by atoms with Crippen LogP contribution in [0.3, 0.4) is 0 Å². The maximum Gasteiger partial charge on any atom is 0.344 e. The fraction of sp³-hybridized carbons (Fsp3) is 0.200. The number of carboxylic acid groups (broad SMARTS) is 1. The van der Waals surface area contributed by atoms with Crippen LogP contribution in [0.4, 0.5) is 4.39 Å². The number of nitrogens with zero attached hydrogens (tertiary/aromatic N) is 1. The van der Waals surface area contributed by atoms with E-state index in [0.29, 0.717) is 0 Å². The molecule has 1 N–H and O–H groups in total. The van der Waals surface area contributed by atoms with Gasteiger partial charge in [0.15, 0.2) is 6.10 Å². The molecule has 0 bridgehead atoms. The summed E-state index contributed by atoms with van der Waals surface area (Å²) in [7, 11) is 0. The minimum atomic E-state index is -1.14. The summed E-state index contributed by atoms with van der Waals surface area (Å²) in [5.41, 5.74) is -0.106. The van der Waals surface area contributed by atoms with Crippen LogP contribution in [-0.2, 0) is 4.79 Å². The topological polar surface area (TPSA) is 70.3 Å². The van der Waals surface area contributed by atoms with Crippen molar-refractivity contribution >= 4 is 5.97 Å². The second-order valence-corrected chi connectivity index (χ2v) is 2.85. The monoisotopic (exact) mass is 209 g/mol. The van der Waals surface area contributed by atoms with Gasteiger partial charge in [0.1, 0.15) is 17.6 Å². The summed E-state index contributed by atoms with van der Waals surface area (Å²) in [5, 5.41) is 17.0. The van der Waals surface area contributed by atoms with Gasteiger partial charge in [-0.25, -0.2) is 9.18 Å². The molecule has 0 aliphatic rings. The van der Waals surface area contributed by atoms with Crippen molar-refractivity contribution in [2.24, 2.45) is 0 Å². The largest absolute Gasteiger partial charge is 0.479 e. The van der Waals surface area contributed by atoms with Gasteiger partial charge in [0.25, 0.3) is 0 Å². The van der Waals surface area contributed by atoms with Gasteiger partial charge in [0, 0.05) is 6.07 Å². The first-order valence-electron chi connectivity index (χ1n) is 4.13. The fourth-order valence-corrected chi connectivity index (χ4v) is 0.914. The first kappa shape index (κ1) is 11.0. The van der Waals surface area contributed by atoms with Crippen molar-refractivity contribution < 1.29 is 19.0 Å². The van der Waals surface area contributed by atoms with Crippen molar-refractivity contribution in [2.75, 3.05) is 0 Å². The second-order valence-electron chi connectivity index (χ2n) is 2.85. The Labute approximate surface area is 85.5 Å². The van der Waals surface area contributed by atoms with Crippen LogP contribution < -0.4 is 4.74 Å². The summed E-state index contributed by atoms with van der Waals surface area (Å²) in [4.78, 5) is 10.4. The number of hydrogen-bond donors (Lipinski definition) is 1. The molecule has 0 saturated carbocycles. The van der Waals surface area contributed by atoms with E-state index in [1.807, 2.05) is 0 Å². The molecule has 0 saturated heterocycles. The maximum absolute atomic E-state index is 13.1. The van der Waals surface area contributed by atoms with E-state index in [4.69, 9.17) is 15.1 Å².